The Kier molecular flexibility index (Phi) is 7.66. The number of benzene rings is 2. The minimum absolute atomic E-state index is 0.395. The summed E-state index contributed by atoms with van der Waals surface area (Å²) >= 11 is 1.26. The van der Waals surface area contributed by atoms with Crippen molar-refractivity contribution < 1.29 is 14.3 Å². The fraction of sp³-hybridized carbons (Fsp3) is 0.273. The molecule has 0 aliphatic rings. The number of imide groups is 1. The van der Waals surface area contributed by atoms with Crippen LogP contribution in [-0.2, 0) is 17.8 Å². The number of urea groups is 1. The summed E-state index contributed by atoms with van der Waals surface area (Å²) in [5, 5.41) is 13.5. The normalized spacial score (nSPS) is 11.6. The van der Waals surface area contributed by atoms with Gasteiger partial charge in [-0.25, -0.2) is 4.79 Å². The van der Waals surface area contributed by atoms with E-state index in [0.29, 0.717) is 17.5 Å². The van der Waals surface area contributed by atoms with Gasteiger partial charge in [0.1, 0.15) is 5.75 Å². The van der Waals surface area contributed by atoms with E-state index in [9.17, 15) is 9.59 Å². The molecule has 1 unspecified atom stereocenters. The van der Waals surface area contributed by atoms with Crippen molar-refractivity contribution >= 4 is 23.7 Å². The first kappa shape index (κ1) is 22.4. The van der Waals surface area contributed by atoms with E-state index in [-0.39, 0.29) is 0 Å². The van der Waals surface area contributed by atoms with Gasteiger partial charge in [0.2, 0.25) is 5.91 Å². The van der Waals surface area contributed by atoms with E-state index in [1.807, 2.05) is 47.0 Å². The lowest BCUT2D eigenvalue weighted by atomic mass is 10.1. The van der Waals surface area contributed by atoms with Gasteiger partial charge < -0.3 is 14.6 Å². The molecule has 2 aromatic carbocycles. The lowest BCUT2D eigenvalue weighted by Crippen LogP contribution is -2.41. The van der Waals surface area contributed by atoms with Crippen molar-refractivity contribution in [1.29, 1.82) is 0 Å². The molecule has 3 amide bonds. The Bertz CT molecular complexity index is 1020. The highest BCUT2D eigenvalue weighted by Crippen LogP contribution is 2.28. The molecule has 1 aromatic heterocycles. The van der Waals surface area contributed by atoms with Crippen LogP contribution in [0.3, 0.4) is 0 Å². The van der Waals surface area contributed by atoms with E-state index >= 15 is 0 Å². The quantitative estimate of drug-likeness (QED) is 0.524. The molecule has 8 nitrogen and oxygen atoms in total. The zero-order valence-corrected chi connectivity index (χ0v) is 18.5. The van der Waals surface area contributed by atoms with Crippen molar-refractivity contribution in [1.82, 2.24) is 25.4 Å². The maximum Gasteiger partial charge on any atom is 0.321 e. The number of carbonyl (C=O) groups is 2. The van der Waals surface area contributed by atoms with Gasteiger partial charge >= 0.3 is 6.03 Å². The third kappa shape index (κ3) is 5.85. The Hall–Kier alpha value is -3.33. The molecular weight excluding hydrogens is 414 g/mol. The number of nitrogens with zero attached hydrogens (tertiary/aromatic N) is 3. The van der Waals surface area contributed by atoms with Gasteiger partial charge in [0, 0.05) is 19.2 Å². The second-order valence-electron chi connectivity index (χ2n) is 6.75. The monoisotopic (exact) mass is 439 g/mol. The van der Waals surface area contributed by atoms with Crippen molar-refractivity contribution in [2.24, 2.45) is 0 Å². The van der Waals surface area contributed by atoms with Crippen LogP contribution in [0.1, 0.15) is 12.5 Å². The SMILES string of the molecule is CNC(=O)NC(=O)C(C)Sc1nnc(-c2ccc(OC)cc2)n1CCc1ccccc1. The van der Waals surface area contributed by atoms with E-state index < -0.39 is 17.2 Å². The number of ether oxygens (including phenoxy) is 1. The summed E-state index contributed by atoms with van der Waals surface area (Å²) < 4.78 is 7.24. The second-order valence-corrected chi connectivity index (χ2v) is 8.06. The van der Waals surface area contributed by atoms with Crippen molar-refractivity contribution in [2.75, 3.05) is 14.2 Å². The van der Waals surface area contributed by atoms with Gasteiger partial charge in [0.25, 0.3) is 0 Å². The molecule has 162 valence electrons. The molecule has 1 heterocycles. The maximum atomic E-state index is 12.3. The van der Waals surface area contributed by atoms with Crippen LogP contribution < -0.4 is 15.4 Å². The number of hydrogen-bond acceptors (Lipinski definition) is 6. The van der Waals surface area contributed by atoms with Crippen LogP contribution in [0.4, 0.5) is 4.79 Å². The Morgan fingerprint density at radius 3 is 2.45 bits per heavy atom. The number of nitrogens with one attached hydrogen (secondary N) is 2. The molecule has 0 aliphatic carbocycles. The van der Waals surface area contributed by atoms with Crippen LogP contribution in [0, 0.1) is 0 Å². The molecule has 3 rings (SSSR count). The van der Waals surface area contributed by atoms with Crippen molar-refractivity contribution in [3.63, 3.8) is 0 Å². The lowest BCUT2D eigenvalue weighted by molar-refractivity contribution is -0.119. The van der Waals surface area contributed by atoms with E-state index in [4.69, 9.17) is 4.74 Å². The molecule has 0 aliphatic heterocycles. The Balaban J connectivity index is 1.86. The number of amides is 3. The van der Waals surface area contributed by atoms with Gasteiger partial charge in [-0.05, 0) is 43.2 Å². The minimum atomic E-state index is -0.540. The number of thioether (sulfide) groups is 1. The average molecular weight is 440 g/mol. The van der Waals surface area contributed by atoms with Crippen LogP contribution in [0.2, 0.25) is 0 Å². The number of aromatic nitrogens is 3. The van der Waals surface area contributed by atoms with Gasteiger partial charge in [-0.3, -0.25) is 10.1 Å². The second kappa shape index (κ2) is 10.6. The van der Waals surface area contributed by atoms with Crippen LogP contribution in [0.25, 0.3) is 11.4 Å². The lowest BCUT2D eigenvalue weighted by Gasteiger charge is -2.13. The van der Waals surface area contributed by atoms with E-state index in [2.05, 4.69) is 33.0 Å². The third-order valence-corrected chi connectivity index (χ3v) is 5.73. The van der Waals surface area contributed by atoms with Crippen LogP contribution >= 0.6 is 11.8 Å². The molecule has 31 heavy (non-hydrogen) atoms. The molecule has 2 N–H and O–H groups in total. The number of rotatable bonds is 8. The third-order valence-electron chi connectivity index (χ3n) is 4.65. The van der Waals surface area contributed by atoms with E-state index in [0.717, 1.165) is 17.7 Å². The largest absolute Gasteiger partial charge is 0.497 e. The highest BCUT2D eigenvalue weighted by atomic mass is 32.2. The first-order chi connectivity index (χ1) is 15.0. The van der Waals surface area contributed by atoms with Crippen LogP contribution in [-0.4, -0.2) is 46.1 Å². The molecule has 0 radical (unpaired) electrons. The molecule has 3 aromatic rings. The number of aryl methyl sites for hydroxylation is 1. The topological polar surface area (TPSA) is 98.1 Å². The average Bonchev–Trinajstić information content (AvgIpc) is 3.20. The number of hydrogen-bond donors (Lipinski definition) is 2. The molecule has 0 saturated carbocycles. The fourth-order valence-electron chi connectivity index (χ4n) is 2.90. The van der Waals surface area contributed by atoms with Gasteiger partial charge in [-0.1, -0.05) is 42.1 Å². The fourth-order valence-corrected chi connectivity index (χ4v) is 3.78. The molecule has 9 heteroatoms. The predicted octanol–water partition coefficient (Wildman–Crippen LogP) is 3.13. The van der Waals surface area contributed by atoms with Gasteiger partial charge in [-0.15, -0.1) is 10.2 Å². The number of methoxy groups -OCH3 is 1. The highest BCUT2D eigenvalue weighted by Gasteiger charge is 2.22. The zero-order valence-electron chi connectivity index (χ0n) is 17.7. The Morgan fingerprint density at radius 1 is 1.10 bits per heavy atom. The van der Waals surface area contributed by atoms with Crippen molar-refractivity contribution in [2.45, 2.75) is 30.3 Å². The summed E-state index contributed by atoms with van der Waals surface area (Å²) in [4.78, 5) is 23.7. The first-order valence-electron chi connectivity index (χ1n) is 9.82. The van der Waals surface area contributed by atoms with Gasteiger partial charge in [0.15, 0.2) is 11.0 Å². The smallest absolute Gasteiger partial charge is 0.321 e. The highest BCUT2D eigenvalue weighted by molar-refractivity contribution is 8.00. The predicted molar refractivity (Wildman–Crippen MR) is 120 cm³/mol. The zero-order chi connectivity index (χ0) is 22.2. The van der Waals surface area contributed by atoms with E-state index in [1.165, 1.54) is 24.4 Å². The van der Waals surface area contributed by atoms with Gasteiger partial charge in [-0.2, -0.15) is 0 Å². The standard InChI is InChI=1S/C22H25N5O3S/c1-15(20(28)24-21(29)23-2)31-22-26-25-19(17-9-11-18(30-3)12-10-17)27(22)14-13-16-7-5-4-6-8-16/h4-12,15H,13-14H2,1-3H3,(H2,23,24,28,29). The number of carbonyl (C=O) groups excluding carboxylic acids is 2. The van der Waals surface area contributed by atoms with Crippen molar-refractivity contribution in [3.8, 4) is 17.1 Å². The first-order valence-corrected chi connectivity index (χ1v) is 10.7. The Labute approximate surface area is 185 Å². The Morgan fingerprint density at radius 2 is 1.81 bits per heavy atom. The van der Waals surface area contributed by atoms with Crippen molar-refractivity contribution in [3.05, 3.63) is 60.2 Å². The molecule has 0 spiro atoms. The summed E-state index contributed by atoms with van der Waals surface area (Å²) in [5.74, 6) is 1.07. The molecule has 1 atom stereocenters. The summed E-state index contributed by atoms with van der Waals surface area (Å²) in [6.07, 6.45) is 0.786. The molecular formula is C22H25N5O3S. The maximum absolute atomic E-state index is 12.3. The molecule has 0 saturated heterocycles. The summed E-state index contributed by atoms with van der Waals surface area (Å²) in [6.45, 7) is 2.37. The van der Waals surface area contributed by atoms with Crippen LogP contribution in [0.15, 0.2) is 59.8 Å². The summed E-state index contributed by atoms with van der Waals surface area (Å²) in [6, 6.07) is 17.2. The summed E-state index contributed by atoms with van der Waals surface area (Å²) in [5.41, 5.74) is 2.09. The molecule has 0 bridgehead atoms. The summed E-state index contributed by atoms with van der Waals surface area (Å²) in [7, 11) is 3.08. The molecule has 0 fully saturated rings. The van der Waals surface area contributed by atoms with Gasteiger partial charge in [0.05, 0.1) is 12.4 Å². The van der Waals surface area contributed by atoms with E-state index in [1.54, 1.807) is 14.0 Å². The minimum Gasteiger partial charge on any atom is -0.497 e. The van der Waals surface area contributed by atoms with Crippen LogP contribution in [0.5, 0.6) is 5.75 Å².